The van der Waals surface area contributed by atoms with Crippen LogP contribution in [0.25, 0.3) is 22.3 Å². The third-order valence-electron chi connectivity index (χ3n) is 5.13. The van der Waals surface area contributed by atoms with Crippen molar-refractivity contribution in [1.29, 1.82) is 0 Å². The van der Waals surface area contributed by atoms with Crippen molar-refractivity contribution >= 4 is 11.0 Å². The molecule has 3 unspecified atom stereocenters. The fourth-order valence-electron chi connectivity index (χ4n) is 3.46. The van der Waals surface area contributed by atoms with E-state index in [1.807, 2.05) is 0 Å². The summed E-state index contributed by atoms with van der Waals surface area (Å²) in [7, 11) is 0. The lowest BCUT2D eigenvalue weighted by Gasteiger charge is -2.39. The van der Waals surface area contributed by atoms with Crippen LogP contribution in [0, 0.1) is 0 Å². The molecular formula is C21H20O11. The van der Waals surface area contributed by atoms with Crippen LogP contribution in [0.15, 0.2) is 45.6 Å². The second-order valence-electron chi connectivity index (χ2n) is 7.29. The van der Waals surface area contributed by atoms with Crippen LogP contribution in [0.4, 0.5) is 0 Å². The molecule has 2 aromatic carbocycles. The maximum atomic E-state index is 13.2. The van der Waals surface area contributed by atoms with Crippen LogP contribution in [0.2, 0.25) is 0 Å². The average molecular weight is 448 g/mol. The summed E-state index contributed by atoms with van der Waals surface area (Å²) in [5.74, 6) is -1.73. The Bertz CT molecular complexity index is 1190. The zero-order valence-electron chi connectivity index (χ0n) is 16.3. The zero-order valence-corrected chi connectivity index (χ0v) is 16.3. The van der Waals surface area contributed by atoms with Gasteiger partial charge in [0, 0.05) is 17.7 Å². The molecule has 1 saturated heterocycles. The van der Waals surface area contributed by atoms with E-state index in [0.717, 1.165) is 12.1 Å². The molecule has 32 heavy (non-hydrogen) atoms. The van der Waals surface area contributed by atoms with Gasteiger partial charge in [0.1, 0.15) is 52.6 Å². The van der Waals surface area contributed by atoms with E-state index in [4.69, 9.17) is 13.9 Å². The average Bonchev–Trinajstić information content (AvgIpc) is 2.75. The van der Waals surface area contributed by atoms with Crippen LogP contribution in [-0.4, -0.2) is 73.1 Å². The molecule has 3 aromatic rings. The summed E-state index contributed by atoms with van der Waals surface area (Å²) >= 11 is 0. The Labute approximate surface area is 179 Å². The van der Waals surface area contributed by atoms with Crippen molar-refractivity contribution < 1.29 is 49.6 Å². The zero-order chi connectivity index (χ0) is 23.2. The minimum absolute atomic E-state index is 0.0661. The normalized spacial score (nSPS) is 25.7. The van der Waals surface area contributed by atoms with E-state index >= 15 is 0 Å². The first-order valence-corrected chi connectivity index (χ1v) is 9.50. The van der Waals surface area contributed by atoms with E-state index in [1.54, 1.807) is 0 Å². The number of hydrogen-bond donors (Lipinski definition) is 7. The lowest BCUT2D eigenvalue weighted by atomic mass is 9.99. The van der Waals surface area contributed by atoms with Crippen LogP contribution in [0.1, 0.15) is 0 Å². The highest BCUT2D eigenvalue weighted by atomic mass is 16.7. The highest BCUT2D eigenvalue weighted by Crippen LogP contribution is 2.37. The molecule has 170 valence electrons. The topological polar surface area (TPSA) is 190 Å². The number of phenolic OH excluding ortho intramolecular Hbond substituents is 3. The Morgan fingerprint density at radius 2 is 1.59 bits per heavy atom. The number of aliphatic hydroxyl groups is 4. The van der Waals surface area contributed by atoms with Crippen molar-refractivity contribution in [2.24, 2.45) is 0 Å². The van der Waals surface area contributed by atoms with Crippen LogP contribution >= 0.6 is 0 Å². The van der Waals surface area contributed by atoms with E-state index in [9.17, 15) is 40.5 Å². The predicted molar refractivity (Wildman–Crippen MR) is 107 cm³/mol. The first kappa shape index (κ1) is 21.9. The van der Waals surface area contributed by atoms with Gasteiger partial charge in [0.25, 0.3) is 0 Å². The quantitative estimate of drug-likeness (QED) is 0.279. The standard InChI is InChI=1S/C21H20O11/c22-7-13-15(26)17(28)18(29)21(31-13)32-20-16(27)14-11(25)5-10(24)6-12(14)30-19(20)8-1-3-9(23)4-2-8/h1-6,13,15,17-18,21-26,28-29H,7H2/t13?,15-,17?,18?,21+/m1/s1. The number of aliphatic hydroxyl groups excluding tert-OH is 4. The molecule has 0 aliphatic carbocycles. The van der Waals surface area contributed by atoms with E-state index in [1.165, 1.54) is 24.3 Å². The van der Waals surface area contributed by atoms with Crippen LogP contribution in [0.5, 0.6) is 23.0 Å². The van der Waals surface area contributed by atoms with Crippen LogP contribution in [0.3, 0.4) is 0 Å². The molecule has 1 aromatic heterocycles. The molecular weight excluding hydrogens is 428 g/mol. The smallest absolute Gasteiger partial charge is 0.239 e. The van der Waals surface area contributed by atoms with Crippen molar-refractivity contribution in [3.05, 3.63) is 46.6 Å². The molecule has 0 spiro atoms. The van der Waals surface area contributed by atoms with Gasteiger partial charge >= 0.3 is 0 Å². The molecule has 1 aliphatic rings. The molecule has 1 aliphatic heterocycles. The Balaban J connectivity index is 1.89. The molecule has 0 amide bonds. The Morgan fingerprint density at radius 1 is 0.906 bits per heavy atom. The summed E-state index contributed by atoms with van der Waals surface area (Å²) in [6.07, 6.45) is -8.16. The summed E-state index contributed by atoms with van der Waals surface area (Å²) in [5.41, 5.74) is -0.801. The minimum Gasteiger partial charge on any atom is -0.508 e. The first-order chi connectivity index (χ1) is 15.2. The maximum absolute atomic E-state index is 13.2. The lowest BCUT2D eigenvalue weighted by molar-refractivity contribution is -0.277. The van der Waals surface area contributed by atoms with Gasteiger partial charge in [-0.15, -0.1) is 0 Å². The Kier molecular flexibility index (Phi) is 5.67. The molecule has 0 saturated carbocycles. The number of rotatable bonds is 4. The lowest BCUT2D eigenvalue weighted by Crippen LogP contribution is -2.60. The summed E-state index contributed by atoms with van der Waals surface area (Å²) in [6.45, 7) is -0.706. The van der Waals surface area contributed by atoms with Gasteiger partial charge in [-0.05, 0) is 24.3 Å². The number of benzene rings is 2. The number of phenols is 3. The van der Waals surface area contributed by atoms with E-state index in [0.29, 0.717) is 0 Å². The van der Waals surface area contributed by atoms with Gasteiger partial charge < -0.3 is 49.6 Å². The molecule has 7 N–H and O–H groups in total. The summed E-state index contributed by atoms with van der Waals surface area (Å²) in [4.78, 5) is 13.2. The van der Waals surface area contributed by atoms with Crippen molar-refractivity contribution in [1.82, 2.24) is 0 Å². The Hall–Kier alpha value is -3.35. The third-order valence-corrected chi connectivity index (χ3v) is 5.13. The van der Waals surface area contributed by atoms with E-state index < -0.39 is 54.2 Å². The van der Waals surface area contributed by atoms with Gasteiger partial charge in [0.2, 0.25) is 17.5 Å². The third kappa shape index (κ3) is 3.72. The second kappa shape index (κ2) is 8.30. The van der Waals surface area contributed by atoms with Crippen molar-refractivity contribution in [2.75, 3.05) is 6.61 Å². The fourth-order valence-corrected chi connectivity index (χ4v) is 3.46. The van der Waals surface area contributed by atoms with Gasteiger partial charge in [-0.2, -0.15) is 0 Å². The van der Waals surface area contributed by atoms with Crippen molar-refractivity contribution in [3.8, 4) is 34.3 Å². The van der Waals surface area contributed by atoms with Gasteiger partial charge in [-0.3, -0.25) is 4.79 Å². The van der Waals surface area contributed by atoms with Gasteiger partial charge in [0.15, 0.2) is 5.76 Å². The molecule has 0 radical (unpaired) electrons. The fraction of sp³-hybridized carbons (Fsp3) is 0.286. The molecule has 11 nitrogen and oxygen atoms in total. The number of aromatic hydroxyl groups is 3. The Morgan fingerprint density at radius 3 is 2.25 bits per heavy atom. The van der Waals surface area contributed by atoms with Crippen molar-refractivity contribution in [2.45, 2.75) is 30.7 Å². The minimum atomic E-state index is -1.80. The molecule has 4 rings (SSSR count). The molecule has 2 heterocycles. The predicted octanol–water partition coefficient (Wildman–Crippen LogP) is -0.244. The summed E-state index contributed by atoms with van der Waals surface area (Å²) in [5, 5.41) is 68.8. The van der Waals surface area contributed by atoms with Gasteiger partial charge in [0.05, 0.1) is 6.61 Å². The van der Waals surface area contributed by atoms with Crippen molar-refractivity contribution in [3.63, 3.8) is 0 Å². The largest absolute Gasteiger partial charge is 0.508 e. The molecule has 0 bridgehead atoms. The van der Waals surface area contributed by atoms with Gasteiger partial charge in [-0.25, -0.2) is 0 Å². The summed E-state index contributed by atoms with van der Waals surface area (Å²) < 4.78 is 16.6. The van der Waals surface area contributed by atoms with Crippen LogP contribution < -0.4 is 10.2 Å². The molecule has 11 heteroatoms. The number of hydrogen-bond acceptors (Lipinski definition) is 11. The van der Waals surface area contributed by atoms with Crippen LogP contribution in [-0.2, 0) is 4.74 Å². The maximum Gasteiger partial charge on any atom is 0.239 e. The highest BCUT2D eigenvalue weighted by Gasteiger charge is 2.45. The first-order valence-electron chi connectivity index (χ1n) is 9.50. The number of ether oxygens (including phenoxy) is 2. The summed E-state index contributed by atoms with van der Waals surface area (Å²) in [6, 6.07) is 7.48. The van der Waals surface area contributed by atoms with Gasteiger partial charge in [-0.1, -0.05) is 0 Å². The highest BCUT2D eigenvalue weighted by molar-refractivity contribution is 5.88. The van der Waals surface area contributed by atoms with E-state index in [2.05, 4.69) is 0 Å². The van der Waals surface area contributed by atoms with E-state index in [-0.39, 0.29) is 33.8 Å². The number of fused-ring (bicyclic) bond motifs is 1. The second-order valence-corrected chi connectivity index (χ2v) is 7.29. The molecule has 5 atom stereocenters. The monoisotopic (exact) mass is 448 g/mol. The molecule has 1 fully saturated rings. The SMILES string of the molecule is O=c1c(O[C@@H]2OC(CO)[C@@H](O)C(O)C2O)c(-c2ccc(O)cc2)oc2cc(O)cc(O)c12.